The summed E-state index contributed by atoms with van der Waals surface area (Å²) in [4.78, 5) is 48.6. The first-order chi connectivity index (χ1) is 13.1. The maximum absolute atomic E-state index is 13.0. The van der Waals surface area contributed by atoms with E-state index < -0.39 is 40.5 Å². The quantitative estimate of drug-likeness (QED) is 0.565. The van der Waals surface area contributed by atoms with Gasteiger partial charge < -0.3 is 9.84 Å². The molecule has 7 nitrogen and oxygen atoms in total. The van der Waals surface area contributed by atoms with Gasteiger partial charge in [-0.25, -0.2) is 9.59 Å². The van der Waals surface area contributed by atoms with E-state index >= 15 is 0 Å². The van der Waals surface area contributed by atoms with Gasteiger partial charge in [-0.05, 0) is 38.1 Å². The summed E-state index contributed by atoms with van der Waals surface area (Å²) in [6, 6.07) is 5.61. The number of carbonyl (C=O) groups is 4. The number of rotatable bonds is 5. The van der Waals surface area contributed by atoms with Crippen LogP contribution in [0.5, 0.6) is 0 Å². The van der Waals surface area contributed by atoms with Crippen LogP contribution in [0.3, 0.4) is 0 Å². The molecule has 0 saturated carbocycles. The normalized spacial score (nSPS) is 25.1. The molecule has 1 unspecified atom stereocenters. The molecule has 0 spiro atoms. The first kappa shape index (κ1) is 22.4. The van der Waals surface area contributed by atoms with Crippen molar-refractivity contribution in [3.63, 3.8) is 0 Å². The molecular weight excluding hydrogens is 406 g/mol. The molecule has 1 saturated heterocycles. The summed E-state index contributed by atoms with van der Waals surface area (Å²) in [7, 11) is 0. The van der Waals surface area contributed by atoms with Crippen molar-refractivity contribution < 1.29 is 33.5 Å². The first-order valence-electron chi connectivity index (χ1n) is 8.83. The minimum absolute atomic E-state index is 0.134. The molecule has 2 rings (SSSR count). The summed E-state index contributed by atoms with van der Waals surface area (Å²) in [6.07, 6.45) is -1.72. The second-order valence-electron chi connectivity index (χ2n) is 6.99. The lowest BCUT2D eigenvalue weighted by Crippen LogP contribution is -2.61. The number of imide groups is 1. The number of esters is 1. The maximum Gasteiger partial charge on any atom is 0.521 e. The predicted molar refractivity (Wildman–Crippen MR) is 105 cm³/mol. The molecule has 152 valence electrons. The van der Waals surface area contributed by atoms with Gasteiger partial charge in [-0.3, -0.25) is 4.79 Å². The Morgan fingerprint density at radius 2 is 1.89 bits per heavy atom. The highest BCUT2D eigenvalue weighted by atomic mass is 35.5. The molecule has 4 atom stereocenters. The largest absolute Gasteiger partial charge is 0.521 e. The van der Waals surface area contributed by atoms with Crippen LogP contribution in [0.2, 0.25) is 5.02 Å². The number of thioether (sulfide) groups is 1. The van der Waals surface area contributed by atoms with Crippen LogP contribution in [-0.2, 0) is 14.3 Å². The van der Waals surface area contributed by atoms with E-state index in [1.807, 2.05) is 0 Å². The van der Waals surface area contributed by atoms with Crippen LogP contribution in [-0.4, -0.2) is 57.1 Å². The summed E-state index contributed by atoms with van der Waals surface area (Å²) in [5.41, 5.74) is 0.301. The second kappa shape index (κ2) is 9.07. The zero-order chi connectivity index (χ0) is 21.1. The topological polar surface area (TPSA) is 97.7 Å². The Morgan fingerprint density at radius 3 is 2.43 bits per heavy atom. The molecule has 1 aliphatic rings. The van der Waals surface area contributed by atoms with E-state index in [2.05, 4.69) is 0 Å². The van der Waals surface area contributed by atoms with Gasteiger partial charge in [0.15, 0.2) is 11.2 Å². The van der Waals surface area contributed by atoms with Crippen molar-refractivity contribution in [1.82, 2.24) is 0 Å². The number of amides is 2. The number of quaternary nitrogens is 1. The molecule has 0 bridgehead atoms. The molecule has 0 radical (unpaired) electrons. The van der Waals surface area contributed by atoms with E-state index in [4.69, 9.17) is 16.3 Å². The summed E-state index contributed by atoms with van der Waals surface area (Å²) >= 11 is 6.80. The highest BCUT2D eigenvalue weighted by Crippen LogP contribution is 2.33. The van der Waals surface area contributed by atoms with E-state index in [-0.39, 0.29) is 23.8 Å². The van der Waals surface area contributed by atoms with E-state index in [0.29, 0.717) is 10.6 Å². The van der Waals surface area contributed by atoms with Crippen molar-refractivity contribution in [2.75, 3.05) is 12.3 Å². The van der Waals surface area contributed by atoms with Crippen molar-refractivity contribution in [2.45, 2.75) is 39.3 Å². The fourth-order valence-electron chi connectivity index (χ4n) is 3.40. The number of hydrogen-bond acceptors (Lipinski definition) is 6. The van der Waals surface area contributed by atoms with E-state index in [0.717, 1.165) is 11.8 Å². The van der Waals surface area contributed by atoms with Crippen LogP contribution in [0, 0.1) is 5.92 Å². The van der Waals surface area contributed by atoms with E-state index in [1.165, 1.54) is 19.1 Å². The van der Waals surface area contributed by atoms with Gasteiger partial charge in [0.2, 0.25) is 0 Å². The predicted octanol–water partition coefficient (Wildman–Crippen LogP) is 3.59. The average Bonchev–Trinajstić information content (AvgIpc) is 2.96. The molecule has 1 heterocycles. The van der Waals surface area contributed by atoms with Gasteiger partial charge in [-0.15, -0.1) is 0 Å². The van der Waals surface area contributed by atoms with Crippen molar-refractivity contribution in [3.05, 3.63) is 34.9 Å². The number of ether oxygens (including phenoxy) is 1. The van der Waals surface area contributed by atoms with Crippen LogP contribution < -0.4 is 0 Å². The third-order valence-electron chi connectivity index (χ3n) is 4.89. The number of likely N-dealkylation sites (tertiary alicyclic amines) is 1. The Bertz CT molecular complexity index is 783. The lowest BCUT2D eigenvalue weighted by Gasteiger charge is -2.31. The minimum Gasteiger partial charge on any atom is -0.452 e. The molecule has 1 aromatic carbocycles. The van der Waals surface area contributed by atoms with Gasteiger partial charge in [-0.2, -0.15) is 9.28 Å². The Kier molecular flexibility index (Phi) is 7.25. The SMILES string of the molecule is CC(=O)SCC(C)C(=O)[N@@+]1(C(=O)O)C[C@H](OC(=O)c2ccc(Cl)cc2)C[C@H]1C. The molecule has 1 aliphatic heterocycles. The third kappa shape index (κ3) is 4.74. The Balaban J connectivity index is 2.15. The first-order valence-corrected chi connectivity index (χ1v) is 10.2. The van der Waals surface area contributed by atoms with Crippen molar-refractivity contribution >= 4 is 46.4 Å². The molecule has 0 aliphatic carbocycles. The van der Waals surface area contributed by atoms with Crippen LogP contribution in [0.4, 0.5) is 4.79 Å². The van der Waals surface area contributed by atoms with E-state index in [1.54, 1.807) is 26.0 Å². The van der Waals surface area contributed by atoms with Crippen LogP contribution in [0.15, 0.2) is 24.3 Å². The van der Waals surface area contributed by atoms with Crippen molar-refractivity contribution in [1.29, 1.82) is 0 Å². The van der Waals surface area contributed by atoms with Gasteiger partial charge in [0, 0.05) is 24.1 Å². The van der Waals surface area contributed by atoms with Crippen molar-refractivity contribution in [2.24, 2.45) is 5.92 Å². The zero-order valence-electron chi connectivity index (χ0n) is 15.9. The summed E-state index contributed by atoms with van der Waals surface area (Å²) in [5, 5.41) is 10.2. The average molecular weight is 429 g/mol. The highest BCUT2D eigenvalue weighted by Gasteiger charge is 2.58. The second-order valence-corrected chi connectivity index (χ2v) is 8.63. The molecular formula is C19H23ClNO6S+. The lowest BCUT2D eigenvalue weighted by molar-refractivity contribution is -0.795. The van der Waals surface area contributed by atoms with Crippen LogP contribution >= 0.6 is 23.4 Å². The maximum atomic E-state index is 13.0. The molecule has 1 N–H and O–H groups in total. The van der Waals surface area contributed by atoms with Crippen LogP contribution in [0.1, 0.15) is 37.6 Å². The fraction of sp³-hybridized carbons (Fsp3) is 0.474. The van der Waals surface area contributed by atoms with Gasteiger partial charge in [0.05, 0.1) is 11.5 Å². The number of carbonyl (C=O) groups excluding carboxylic acids is 3. The zero-order valence-corrected chi connectivity index (χ0v) is 17.5. The van der Waals surface area contributed by atoms with Crippen molar-refractivity contribution in [3.8, 4) is 0 Å². The van der Waals surface area contributed by atoms with Gasteiger partial charge in [0.25, 0.3) is 0 Å². The molecule has 0 aromatic heterocycles. The lowest BCUT2D eigenvalue weighted by atomic mass is 10.1. The number of hydrogen-bond donors (Lipinski definition) is 1. The summed E-state index contributed by atoms with van der Waals surface area (Å²) in [5.74, 6) is -1.49. The van der Waals surface area contributed by atoms with Crippen LogP contribution in [0.25, 0.3) is 0 Å². The summed E-state index contributed by atoms with van der Waals surface area (Å²) < 4.78 is 4.66. The number of carboxylic acid groups (broad SMARTS) is 1. The van der Waals surface area contributed by atoms with Gasteiger partial charge >= 0.3 is 18.0 Å². The molecule has 28 heavy (non-hydrogen) atoms. The van der Waals surface area contributed by atoms with Gasteiger partial charge in [0.1, 0.15) is 12.6 Å². The molecule has 1 fully saturated rings. The Hall–Kier alpha value is -1.90. The molecule has 9 heteroatoms. The standard InChI is InChI=1S/C19H22ClNO6S/c1-11(10-28-13(3)22)17(23)21(19(25)26)9-16(8-12(21)2)27-18(24)14-4-6-15(20)7-5-14/h4-7,11-12,16H,8-10H2,1-3H3/p+1/t11?,12-,16-,21-/m1/s1. The number of benzene rings is 1. The number of halogens is 1. The molecule has 1 aromatic rings. The summed E-state index contributed by atoms with van der Waals surface area (Å²) in [6.45, 7) is 4.53. The number of nitrogens with zero attached hydrogens (tertiary/aromatic N) is 1. The van der Waals surface area contributed by atoms with Gasteiger partial charge in [-0.1, -0.05) is 23.4 Å². The Labute approximate surface area is 172 Å². The fourth-order valence-corrected chi connectivity index (χ4v) is 4.16. The smallest absolute Gasteiger partial charge is 0.452 e. The third-order valence-corrected chi connectivity index (χ3v) is 6.22. The Morgan fingerprint density at radius 1 is 1.29 bits per heavy atom. The minimum atomic E-state index is -1.28. The molecule has 2 amide bonds. The van der Waals surface area contributed by atoms with E-state index in [9.17, 15) is 24.3 Å². The highest BCUT2D eigenvalue weighted by molar-refractivity contribution is 8.13. The monoisotopic (exact) mass is 428 g/mol.